The van der Waals surface area contributed by atoms with Crippen molar-refractivity contribution in [2.75, 3.05) is 0 Å². The third-order valence-electron chi connectivity index (χ3n) is 1.15. The summed E-state index contributed by atoms with van der Waals surface area (Å²) in [5.41, 5.74) is 0. The summed E-state index contributed by atoms with van der Waals surface area (Å²) >= 11 is -2.19. The second kappa shape index (κ2) is 4.95. The van der Waals surface area contributed by atoms with Crippen molar-refractivity contribution >= 4 is 23.2 Å². The quantitative estimate of drug-likeness (QED) is 0.444. The average Bonchev–Trinajstić information content (AvgIpc) is 1.82. The Morgan fingerprint density at radius 2 is 2.00 bits per heavy atom. The summed E-state index contributed by atoms with van der Waals surface area (Å²) in [7, 11) is 0. The van der Waals surface area contributed by atoms with Crippen molar-refractivity contribution in [1.82, 2.24) is 0 Å². The summed E-state index contributed by atoms with van der Waals surface area (Å²) in [6.07, 6.45) is 0. The fourth-order valence-electron chi connectivity index (χ4n) is 0.559. The van der Waals surface area contributed by atoms with Gasteiger partial charge in [-0.3, -0.25) is 0 Å². The van der Waals surface area contributed by atoms with E-state index in [2.05, 4.69) is 2.79 Å². The van der Waals surface area contributed by atoms with Gasteiger partial charge in [0.15, 0.2) is 0 Å². The van der Waals surface area contributed by atoms with Gasteiger partial charge in [-0.25, -0.2) is 0 Å². The Labute approximate surface area is 63.1 Å². The molecule has 0 aromatic carbocycles. The molecule has 0 aliphatic rings. The number of nitrogens with zero attached hydrogens (tertiary/aromatic N) is 1. The van der Waals surface area contributed by atoms with Gasteiger partial charge in [0, 0.05) is 0 Å². The van der Waals surface area contributed by atoms with Gasteiger partial charge in [-0.2, -0.15) is 0 Å². The molecule has 52 valence electrons. The maximum absolute atomic E-state index is 9.77. The van der Waals surface area contributed by atoms with Crippen LogP contribution in [0.4, 0.5) is 0 Å². The Balaban J connectivity index is 3.43. The predicted octanol–water partition coefficient (Wildman–Crippen LogP) is 1.23. The van der Waals surface area contributed by atoms with E-state index in [9.17, 15) is 10.1 Å². The summed E-state index contributed by atoms with van der Waals surface area (Å²) in [6.45, 7) is 3.92. The first kappa shape index (κ1) is 9.12. The van der Waals surface area contributed by atoms with Crippen molar-refractivity contribution in [3.63, 3.8) is 0 Å². The summed E-state index contributed by atoms with van der Waals surface area (Å²) in [6, 6.07) is 0. The Hall–Kier alpha value is 0.122. The maximum atomic E-state index is 9.77. The summed E-state index contributed by atoms with van der Waals surface area (Å²) in [5, 5.41) is 9.13. The fourth-order valence-corrected chi connectivity index (χ4v) is 4.91. The first-order valence-corrected chi connectivity index (χ1v) is 11.2. The minimum absolute atomic E-state index is 0.640. The van der Waals surface area contributed by atoms with Gasteiger partial charge in [0.25, 0.3) is 0 Å². The van der Waals surface area contributed by atoms with Crippen LogP contribution in [-0.4, -0.2) is 28.2 Å². The molecule has 0 fully saturated rings. The van der Waals surface area contributed by atoms with Crippen LogP contribution in [0, 0.1) is 10.1 Å². The molecule has 0 amide bonds. The molecule has 0 atom stereocenters. The van der Waals surface area contributed by atoms with E-state index in [0.717, 1.165) is 7.96 Å². The van der Waals surface area contributed by atoms with Gasteiger partial charge in [-0.1, -0.05) is 0 Å². The zero-order valence-electron chi connectivity index (χ0n) is 5.66. The molecule has 5 heteroatoms. The Morgan fingerprint density at radius 3 is 2.11 bits per heavy atom. The molecule has 9 heavy (non-hydrogen) atoms. The number of rotatable bonds is 4. The number of hydrogen-bond donors (Lipinski definition) is 0. The summed E-state index contributed by atoms with van der Waals surface area (Å²) < 4.78 is 6.32. The van der Waals surface area contributed by atoms with Crippen molar-refractivity contribution in [3.8, 4) is 0 Å². The molecule has 0 rings (SSSR count). The average molecular weight is 325 g/mol. The van der Waals surface area contributed by atoms with Crippen LogP contribution in [0.5, 0.6) is 0 Å². The van der Waals surface area contributed by atoms with Crippen LogP contribution in [0.15, 0.2) is 0 Å². The minimum atomic E-state index is -2.19. The third kappa shape index (κ3) is 4.61. The van der Waals surface area contributed by atoms with Gasteiger partial charge in [0.05, 0.1) is 0 Å². The van der Waals surface area contributed by atoms with E-state index >= 15 is 0 Å². The molecule has 0 spiro atoms. The zero-order chi connectivity index (χ0) is 7.28. The van der Waals surface area contributed by atoms with E-state index in [1.807, 2.05) is 13.8 Å². The molecule has 0 saturated carbocycles. The van der Waals surface area contributed by atoms with Crippen molar-refractivity contribution in [2.45, 2.75) is 21.8 Å². The summed E-state index contributed by atoms with van der Waals surface area (Å²) in [4.78, 5) is 9.77. The van der Waals surface area contributed by atoms with Crippen molar-refractivity contribution < 1.29 is 7.87 Å². The molecular weight excluding hydrogens is 314 g/mol. The van der Waals surface area contributed by atoms with Gasteiger partial charge >= 0.3 is 63.0 Å². The summed E-state index contributed by atoms with van der Waals surface area (Å²) in [5.74, 6) is 0. The van der Waals surface area contributed by atoms with Crippen molar-refractivity contribution in [1.29, 1.82) is 0 Å². The molecule has 0 unspecified atom stereocenters. The molecule has 0 saturated heterocycles. The predicted molar refractivity (Wildman–Crippen MR) is 34.8 cm³/mol. The van der Waals surface area contributed by atoms with Crippen LogP contribution >= 0.6 is 0 Å². The van der Waals surface area contributed by atoms with E-state index in [4.69, 9.17) is 0 Å². The van der Waals surface area contributed by atoms with Crippen molar-refractivity contribution in [3.05, 3.63) is 10.1 Å². The standard InChI is InChI=1S/2C2H5.NO3.Tl/c2*1-2;2-1(3)4;/h2*1H2,2H3;;/q;;-1;+1. The van der Waals surface area contributed by atoms with Gasteiger partial charge < -0.3 is 0 Å². The third-order valence-corrected chi connectivity index (χ3v) is 10.1. The van der Waals surface area contributed by atoms with Crippen molar-refractivity contribution in [2.24, 2.45) is 0 Å². The van der Waals surface area contributed by atoms with Crippen LogP contribution in [-0.2, 0) is 2.79 Å². The van der Waals surface area contributed by atoms with E-state index in [0.29, 0.717) is 0 Å². The zero-order valence-corrected chi connectivity index (χ0v) is 10.2. The van der Waals surface area contributed by atoms with Crippen LogP contribution < -0.4 is 0 Å². The molecule has 0 heterocycles. The Morgan fingerprint density at radius 1 is 1.56 bits per heavy atom. The molecule has 0 aliphatic heterocycles. The second-order valence-electron chi connectivity index (χ2n) is 1.77. The number of hydrogen-bond acceptors (Lipinski definition) is 3. The van der Waals surface area contributed by atoms with Crippen LogP contribution in [0.1, 0.15) is 13.8 Å². The molecule has 0 N–H and O–H groups in total. The topological polar surface area (TPSA) is 52.4 Å². The molecule has 0 aliphatic carbocycles. The molecule has 0 aromatic rings. The molecule has 0 aromatic heterocycles. The van der Waals surface area contributed by atoms with E-state index in [1.54, 1.807) is 0 Å². The Bertz CT molecular complexity index is 93.8. The molecule has 4 nitrogen and oxygen atoms in total. The van der Waals surface area contributed by atoms with E-state index in [-0.39, 0.29) is 0 Å². The van der Waals surface area contributed by atoms with Gasteiger partial charge in [-0.05, 0) is 0 Å². The van der Waals surface area contributed by atoms with E-state index < -0.39 is 28.2 Å². The van der Waals surface area contributed by atoms with Gasteiger partial charge in [0.1, 0.15) is 0 Å². The van der Waals surface area contributed by atoms with E-state index in [1.165, 1.54) is 0 Å². The second-order valence-corrected chi connectivity index (χ2v) is 13.8. The molecule has 0 radical (unpaired) electrons. The normalized spacial score (nSPS) is 8.67. The first-order chi connectivity index (χ1) is 4.20. The van der Waals surface area contributed by atoms with Crippen LogP contribution in [0.2, 0.25) is 7.96 Å². The Kier molecular flexibility index (Phi) is 5.02. The van der Waals surface area contributed by atoms with Crippen LogP contribution in [0.3, 0.4) is 0 Å². The first-order valence-electron chi connectivity index (χ1n) is 3.01. The van der Waals surface area contributed by atoms with Crippen LogP contribution in [0.25, 0.3) is 0 Å². The fraction of sp³-hybridized carbons (Fsp3) is 1.00. The monoisotopic (exact) mass is 325 g/mol. The van der Waals surface area contributed by atoms with Gasteiger partial charge in [0.2, 0.25) is 0 Å². The van der Waals surface area contributed by atoms with Gasteiger partial charge in [-0.15, -0.1) is 0 Å². The molecule has 0 bridgehead atoms. The molecular formula is C4H10NO3Tl. The SMILES string of the molecule is C[CH2][Tl]([CH2]C)[O][N+](=O)[O-].